The molecule has 0 spiro atoms. The summed E-state index contributed by atoms with van der Waals surface area (Å²) in [6.45, 7) is 5.13. The number of piperidine rings is 1. The highest BCUT2D eigenvalue weighted by Gasteiger charge is 2.55. The molecule has 3 aliphatic rings. The summed E-state index contributed by atoms with van der Waals surface area (Å²) in [5, 5.41) is 0.642. The van der Waals surface area contributed by atoms with Gasteiger partial charge >= 0.3 is 0 Å². The summed E-state index contributed by atoms with van der Waals surface area (Å²) in [4.78, 5) is 20.1. The third kappa shape index (κ3) is 2.01. The van der Waals surface area contributed by atoms with E-state index >= 15 is 0 Å². The first-order valence-electron chi connectivity index (χ1n) is 9.04. The zero-order valence-electron chi connectivity index (χ0n) is 14.4. The van der Waals surface area contributed by atoms with Crippen LogP contribution < -0.4 is 0 Å². The highest BCUT2D eigenvalue weighted by molar-refractivity contribution is 6.30. The summed E-state index contributed by atoms with van der Waals surface area (Å²) in [6.07, 6.45) is 2.69. The summed E-state index contributed by atoms with van der Waals surface area (Å²) in [6, 6.07) is 15.6. The van der Waals surface area contributed by atoms with Gasteiger partial charge in [-0.1, -0.05) is 42.0 Å². The number of amides is 1. The van der Waals surface area contributed by atoms with E-state index in [1.165, 1.54) is 11.1 Å². The van der Waals surface area contributed by atoms with Gasteiger partial charge in [-0.25, -0.2) is 0 Å². The molecule has 2 fully saturated rings. The quantitative estimate of drug-likeness (QED) is 0.662. The molecule has 4 heteroatoms. The monoisotopic (exact) mass is 362 g/mol. The smallest absolute Gasteiger partial charge is 0.254 e. The van der Waals surface area contributed by atoms with E-state index in [0.29, 0.717) is 10.6 Å². The fourth-order valence-corrected chi connectivity index (χ4v) is 5.00. The molecular formula is C22H19ClN2O. The Kier molecular flexibility index (Phi) is 3.38. The lowest BCUT2D eigenvalue weighted by molar-refractivity contribution is 0.0669. The minimum absolute atomic E-state index is 0.0461. The molecule has 1 amide bonds. The second-order valence-electron chi connectivity index (χ2n) is 7.33. The van der Waals surface area contributed by atoms with Crippen LogP contribution in [0, 0.1) is 0 Å². The van der Waals surface area contributed by atoms with Crippen molar-refractivity contribution in [2.45, 2.75) is 30.7 Å². The SMILES string of the molecule is C=C1CC[C@@H]2C3=Nc4ccccc4[C@@]13CCN2C(=O)c1ccc(Cl)cc1. The Morgan fingerprint density at radius 2 is 1.96 bits per heavy atom. The molecule has 1 aliphatic carbocycles. The fourth-order valence-electron chi connectivity index (χ4n) is 4.88. The first-order valence-corrected chi connectivity index (χ1v) is 9.42. The Morgan fingerprint density at radius 1 is 1.19 bits per heavy atom. The van der Waals surface area contributed by atoms with E-state index in [1.807, 2.05) is 11.0 Å². The molecule has 3 nitrogen and oxygen atoms in total. The molecule has 1 saturated carbocycles. The van der Waals surface area contributed by atoms with Crippen LogP contribution >= 0.6 is 11.6 Å². The van der Waals surface area contributed by atoms with E-state index in [9.17, 15) is 4.79 Å². The summed E-state index contributed by atoms with van der Waals surface area (Å²) in [5.41, 5.74) is 5.18. The molecule has 0 aromatic heterocycles. The molecule has 2 aliphatic heterocycles. The van der Waals surface area contributed by atoms with Gasteiger partial charge in [0.25, 0.3) is 5.91 Å². The first-order chi connectivity index (χ1) is 12.6. The molecule has 0 radical (unpaired) electrons. The van der Waals surface area contributed by atoms with E-state index in [2.05, 4.69) is 24.8 Å². The van der Waals surface area contributed by atoms with Crippen molar-refractivity contribution in [3.05, 3.63) is 76.8 Å². The summed E-state index contributed by atoms with van der Waals surface area (Å²) < 4.78 is 0. The number of halogens is 1. The van der Waals surface area contributed by atoms with Gasteiger partial charge in [0.1, 0.15) is 0 Å². The number of aliphatic imine (C=N–C) groups is 1. The van der Waals surface area contributed by atoms with Crippen LogP contribution in [-0.2, 0) is 5.41 Å². The van der Waals surface area contributed by atoms with Crippen molar-refractivity contribution >= 4 is 28.9 Å². The molecule has 2 heterocycles. The Morgan fingerprint density at radius 3 is 2.77 bits per heavy atom. The lowest BCUT2D eigenvalue weighted by atomic mass is 9.60. The number of fused-ring (bicyclic) bond motifs is 1. The lowest BCUT2D eigenvalue weighted by Gasteiger charge is -2.50. The molecule has 5 rings (SSSR count). The topological polar surface area (TPSA) is 32.7 Å². The second-order valence-corrected chi connectivity index (χ2v) is 7.77. The highest BCUT2D eigenvalue weighted by Crippen LogP contribution is 2.54. The van der Waals surface area contributed by atoms with Crippen molar-refractivity contribution in [2.24, 2.45) is 4.99 Å². The normalized spacial score (nSPS) is 26.2. The van der Waals surface area contributed by atoms with Gasteiger partial charge in [0.05, 0.1) is 22.9 Å². The van der Waals surface area contributed by atoms with Gasteiger partial charge in [-0.3, -0.25) is 9.79 Å². The predicted molar refractivity (Wildman–Crippen MR) is 104 cm³/mol. The first kappa shape index (κ1) is 15.8. The molecular weight excluding hydrogens is 344 g/mol. The number of likely N-dealkylation sites (tertiary alicyclic amines) is 1. The summed E-state index contributed by atoms with van der Waals surface area (Å²) >= 11 is 5.97. The van der Waals surface area contributed by atoms with E-state index in [1.54, 1.807) is 24.3 Å². The van der Waals surface area contributed by atoms with Crippen LogP contribution in [0.1, 0.15) is 35.2 Å². The van der Waals surface area contributed by atoms with E-state index in [4.69, 9.17) is 16.6 Å². The lowest BCUT2D eigenvalue weighted by Crippen LogP contribution is -2.60. The summed E-state index contributed by atoms with van der Waals surface area (Å²) in [7, 11) is 0. The molecule has 26 heavy (non-hydrogen) atoms. The van der Waals surface area contributed by atoms with Gasteiger partial charge < -0.3 is 4.90 Å². The van der Waals surface area contributed by atoms with Crippen LogP contribution in [0.2, 0.25) is 5.02 Å². The van der Waals surface area contributed by atoms with Crippen molar-refractivity contribution in [1.29, 1.82) is 0 Å². The Hall–Kier alpha value is -2.39. The maximum Gasteiger partial charge on any atom is 0.254 e. The van der Waals surface area contributed by atoms with Crippen molar-refractivity contribution in [1.82, 2.24) is 4.90 Å². The highest BCUT2D eigenvalue weighted by atomic mass is 35.5. The number of para-hydroxylation sites is 1. The fraction of sp³-hybridized carbons (Fsp3) is 0.273. The molecule has 2 bridgehead atoms. The maximum absolute atomic E-state index is 13.2. The average Bonchev–Trinajstić information content (AvgIpc) is 3.02. The number of carbonyl (C=O) groups is 1. The number of carbonyl (C=O) groups excluding carboxylic acids is 1. The van der Waals surface area contributed by atoms with Crippen LogP contribution in [0.4, 0.5) is 5.69 Å². The predicted octanol–water partition coefficient (Wildman–Crippen LogP) is 4.93. The van der Waals surface area contributed by atoms with Gasteiger partial charge in [0.15, 0.2) is 0 Å². The molecule has 2 atom stereocenters. The van der Waals surface area contributed by atoms with Crippen molar-refractivity contribution < 1.29 is 4.79 Å². The third-order valence-corrected chi connectivity index (χ3v) is 6.39. The molecule has 130 valence electrons. The van der Waals surface area contributed by atoms with Crippen LogP contribution in [0.5, 0.6) is 0 Å². The van der Waals surface area contributed by atoms with Gasteiger partial charge in [0, 0.05) is 17.1 Å². The number of rotatable bonds is 1. The Labute approximate surface area is 158 Å². The summed E-state index contributed by atoms with van der Waals surface area (Å²) in [5.74, 6) is 0.0615. The van der Waals surface area contributed by atoms with Gasteiger partial charge in [-0.05, 0) is 55.2 Å². The number of nitrogens with zero attached hydrogens (tertiary/aromatic N) is 2. The van der Waals surface area contributed by atoms with Crippen molar-refractivity contribution in [3.8, 4) is 0 Å². The van der Waals surface area contributed by atoms with Gasteiger partial charge in [-0.15, -0.1) is 0 Å². The van der Waals surface area contributed by atoms with E-state index < -0.39 is 0 Å². The van der Waals surface area contributed by atoms with Crippen LogP contribution in [0.25, 0.3) is 0 Å². The average molecular weight is 363 g/mol. The molecule has 2 aromatic rings. The molecule has 0 unspecified atom stereocenters. The van der Waals surface area contributed by atoms with Crippen LogP contribution in [-0.4, -0.2) is 29.1 Å². The standard InChI is InChI=1S/C22H19ClN2O/c1-14-6-11-19-20-22(14,17-4-2-3-5-18(17)24-20)12-13-25(19)21(26)15-7-9-16(23)10-8-15/h2-5,7-10,19H,1,6,11-13H2/t19-,22-/m1/s1. The largest absolute Gasteiger partial charge is 0.330 e. The van der Waals surface area contributed by atoms with Gasteiger partial charge in [0.2, 0.25) is 0 Å². The van der Waals surface area contributed by atoms with Crippen molar-refractivity contribution in [3.63, 3.8) is 0 Å². The minimum atomic E-state index is -0.170. The van der Waals surface area contributed by atoms with Crippen molar-refractivity contribution in [2.75, 3.05) is 6.54 Å². The van der Waals surface area contributed by atoms with Crippen LogP contribution in [0.3, 0.4) is 0 Å². The maximum atomic E-state index is 13.2. The number of hydrogen-bond acceptors (Lipinski definition) is 2. The second kappa shape index (κ2) is 5.55. The van der Waals surface area contributed by atoms with Crippen LogP contribution in [0.15, 0.2) is 65.7 Å². The minimum Gasteiger partial charge on any atom is -0.330 e. The molecule has 1 saturated heterocycles. The zero-order chi connectivity index (χ0) is 17.9. The number of hydrogen-bond donors (Lipinski definition) is 0. The Balaban J connectivity index is 1.57. The van der Waals surface area contributed by atoms with E-state index in [-0.39, 0.29) is 17.4 Å². The number of benzene rings is 2. The number of allylic oxidation sites excluding steroid dienone is 1. The molecule has 0 N–H and O–H groups in total. The molecule has 2 aromatic carbocycles. The zero-order valence-corrected chi connectivity index (χ0v) is 15.2. The third-order valence-electron chi connectivity index (χ3n) is 6.14. The Bertz CT molecular complexity index is 962. The van der Waals surface area contributed by atoms with E-state index in [0.717, 1.165) is 37.2 Å². The van der Waals surface area contributed by atoms with Gasteiger partial charge in [-0.2, -0.15) is 0 Å².